The minimum atomic E-state index is -0.850. The van der Waals surface area contributed by atoms with E-state index in [4.69, 9.17) is 9.47 Å². The van der Waals surface area contributed by atoms with Crippen molar-refractivity contribution in [2.24, 2.45) is 0 Å². The summed E-state index contributed by atoms with van der Waals surface area (Å²) in [5, 5.41) is 14.0. The Kier molecular flexibility index (Phi) is 6.95. The van der Waals surface area contributed by atoms with Gasteiger partial charge in [0.25, 0.3) is 5.91 Å². The Morgan fingerprint density at radius 3 is 2.06 bits per heavy atom. The molecule has 0 heterocycles. The summed E-state index contributed by atoms with van der Waals surface area (Å²) in [6.07, 6.45) is 0. The smallest absolute Gasteiger partial charge is 0.338 e. The number of ether oxygens (including phenoxy) is 2. The summed E-state index contributed by atoms with van der Waals surface area (Å²) < 4.78 is 9.97. The van der Waals surface area contributed by atoms with Crippen LogP contribution in [0.3, 0.4) is 0 Å². The van der Waals surface area contributed by atoms with Crippen molar-refractivity contribution >= 4 is 17.6 Å². The van der Waals surface area contributed by atoms with Crippen LogP contribution in [-0.4, -0.2) is 30.5 Å². The lowest BCUT2D eigenvalue weighted by atomic mass is 9.99. The highest BCUT2D eigenvalue weighted by Crippen LogP contribution is 2.27. The zero-order valence-corrected chi connectivity index (χ0v) is 16.7. The molecule has 0 aromatic heterocycles. The molecule has 3 aromatic rings. The fraction of sp³-hybridized carbons (Fsp3) is 0.130. The van der Waals surface area contributed by atoms with Crippen molar-refractivity contribution in [1.29, 1.82) is 0 Å². The number of carbonyl (C=O) groups excluding carboxylic acids is 2. The van der Waals surface area contributed by atoms with Crippen LogP contribution in [0.15, 0.2) is 78.9 Å². The molecule has 0 saturated carbocycles. The molecular weight excluding hydrogens is 400 g/mol. The average Bonchev–Trinajstić information content (AvgIpc) is 2.81. The van der Waals surface area contributed by atoms with Gasteiger partial charge in [0.2, 0.25) is 0 Å². The van der Waals surface area contributed by atoms with Gasteiger partial charge in [0, 0.05) is 6.07 Å². The third-order valence-corrected chi connectivity index (χ3v) is 4.52. The first-order valence-electron chi connectivity index (χ1n) is 9.38. The number of benzene rings is 3. The van der Waals surface area contributed by atoms with Gasteiger partial charge >= 0.3 is 11.7 Å². The van der Waals surface area contributed by atoms with Crippen molar-refractivity contribution in [2.45, 2.75) is 6.04 Å². The second-order valence-electron chi connectivity index (χ2n) is 6.54. The molecule has 0 aliphatic carbocycles. The summed E-state index contributed by atoms with van der Waals surface area (Å²) in [5.74, 6) is -1.33. The highest BCUT2D eigenvalue weighted by atomic mass is 16.6. The van der Waals surface area contributed by atoms with Gasteiger partial charge < -0.3 is 14.8 Å². The number of amides is 1. The molecule has 8 nitrogen and oxygen atoms in total. The maximum atomic E-state index is 12.5. The molecule has 1 amide bonds. The summed E-state index contributed by atoms with van der Waals surface area (Å²) in [4.78, 5) is 35.2. The Labute approximate surface area is 178 Å². The largest absolute Gasteiger partial charge is 0.490 e. The van der Waals surface area contributed by atoms with Gasteiger partial charge in [-0.1, -0.05) is 60.7 Å². The van der Waals surface area contributed by atoms with Crippen LogP contribution in [0.5, 0.6) is 5.75 Å². The van der Waals surface area contributed by atoms with E-state index < -0.39 is 29.4 Å². The van der Waals surface area contributed by atoms with Gasteiger partial charge in [0.1, 0.15) is 0 Å². The fourth-order valence-corrected chi connectivity index (χ4v) is 3.03. The van der Waals surface area contributed by atoms with Crippen LogP contribution in [0, 0.1) is 10.1 Å². The normalized spacial score (nSPS) is 10.4. The van der Waals surface area contributed by atoms with Gasteiger partial charge in [0.15, 0.2) is 12.4 Å². The first-order valence-corrected chi connectivity index (χ1v) is 9.38. The summed E-state index contributed by atoms with van der Waals surface area (Å²) >= 11 is 0. The van der Waals surface area contributed by atoms with Gasteiger partial charge in [-0.25, -0.2) is 4.79 Å². The zero-order chi connectivity index (χ0) is 22.2. The number of carbonyl (C=O) groups is 2. The molecule has 0 fully saturated rings. The number of hydrogen-bond donors (Lipinski definition) is 1. The van der Waals surface area contributed by atoms with E-state index in [2.05, 4.69) is 5.32 Å². The summed E-state index contributed by atoms with van der Waals surface area (Å²) in [6, 6.07) is 22.1. The van der Waals surface area contributed by atoms with Gasteiger partial charge in [-0.3, -0.25) is 14.9 Å². The molecule has 3 rings (SSSR count). The van der Waals surface area contributed by atoms with Gasteiger partial charge in [0.05, 0.1) is 23.6 Å². The van der Waals surface area contributed by atoms with Gasteiger partial charge in [-0.2, -0.15) is 0 Å². The van der Waals surface area contributed by atoms with Crippen LogP contribution < -0.4 is 10.1 Å². The van der Waals surface area contributed by atoms with Crippen LogP contribution in [0.2, 0.25) is 0 Å². The first-order chi connectivity index (χ1) is 15.0. The molecule has 8 heteroatoms. The van der Waals surface area contributed by atoms with Crippen molar-refractivity contribution in [3.8, 4) is 5.75 Å². The van der Waals surface area contributed by atoms with E-state index in [1.54, 1.807) is 0 Å². The minimum absolute atomic E-state index is 0.0212. The Bertz CT molecular complexity index is 1030. The second kappa shape index (κ2) is 10.0. The SMILES string of the molecule is COc1ccc(C(=O)OCC(=O)NC(c2ccccc2)c2ccccc2)cc1[N+](=O)[O-]. The van der Waals surface area contributed by atoms with Crippen molar-refractivity contribution in [2.75, 3.05) is 13.7 Å². The monoisotopic (exact) mass is 420 g/mol. The molecule has 0 atom stereocenters. The molecule has 31 heavy (non-hydrogen) atoms. The summed E-state index contributed by atoms with van der Waals surface area (Å²) in [5.41, 5.74) is 1.33. The zero-order valence-electron chi connectivity index (χ0n) is 16.7. The lowest BCUT2D eigenvalue weighted by Gasteiger charge is -2.20. The topological polar surface area (TPSA) is 108 Å². The van der Waals surface area contributed by atoms with E-state index in [0.717, 1.165) is 17.2 Å². The molecule has 0 aliphatic rings. The number of nitrogens with one attached hydrogen (secondary N) is 1. The van der Waals surface area contributed by atoms with Gasteiger partial charge in [-0.15, -0.1) is 0 Å². The Balaban J connectivity index is 1.69. The predicted molar refractivity (Wildman–Crippen MR) is 113 cm³/mol. The lowest BCUT2D eigenvalue weighted by Crippen LogP contribution is -2.33. The number of nitro groups is 1. The molecule has 0 radical (unpaired) electrons. The summed E-state index contributed by atoms with van der Waals surface area (Å²) in [6.45, 7) is -0.533. The predicted octanol–water partition coefficient (Wildman–Crippen LogP) is 3.67. The van der Waals surface area contributed by atoms with Crippen LogP contribution in [0.1, 0.15) is 27.5 Å². The fourth-order valence-electron chi connectivity index (χ4n) is 3.03. The Hall–Kier alpha value is -4.20. The van der Waals surface area contributed by atoms with Crippen LogP contribution in [0.25, 0.3) is 0 Å². The quantitative estimate of drug-likeness (QED) is 0.338. The molecular formula is C23H20N2O6. The van der Waals surface area contributed by atoms with Crippen LogP contribution in [-0.2, 0) is 9.53 Å². The highest BCUT2D eigenvalue weighted by molar-refractivity contribution is 5.92. The Morgan fingerprint density at radius 2 is 1.55 bits per heavy atom. The number of methoxy groups -OCH3 is 1. The molecule has 0 aliphatic heterocycles. The molecule has 1 N–H and O–H groups in total. The number of rotatable bonds is 8. The van der Waals surface area contributed by atoms with E-state index in [0.29, 0.717) is 0 Å². The maximum absolute atomic E-state index is 12.5. The van der Waals surface area contributed by atoms with Crippen molar-refractivity contribution < 1.29 is 24.0 Å². The van der Waals surface area contributed by atoms with E-state index in [1.165, 1.54) is 19.2 Å². The molecule has 0 bridgehead atoms. The molecule has 3 aromatic carbocycles. The Morgan fingerprint density at radius 1 is 0.968 bits per heavy atom. The van der Waals surface area contributed by atoms with Crippen LogP contribution >= 0.6 is 0 Å². The van der Waals surface area contributed by atoms with E-state index in [-0.39, 0.29) is 17.0 Å². The number of hydrogen-bond acceptors (Lipinski definition) is 6. The standard InChI is InChI=1S/C23H20N2O6/c1-30-20-13-12-18(14-19(20)25(28)29)23(27)31-15-21(26)24-22(16-8-4-2-5-9-16)17-10-6-3-7-11-17/h2-14,22H,15H2,1H3,(H,24,26). The van der Waals surface area contributed by atoms with Gasteiger partial charge in [-0.05, 0) is 23.3 Å². The maximum Gasteiger partial charge on any atom is 0.338 e. The lowest BCUT2D eigenvalue weighted by molar-refractivity contribution is -0.385. The number of nitrogens with zero attached hydrogens (tertiary/aromatic N) is 1. The van der Waals surface area contributed by atoms with Crippen LogP contribution in [0.4, 0.5) is 5.69 Å². The van der Waals surface area contributed by atoms with Crippen molar-refractivity contribution in [1.82, 2.24) is 5.32 Å². The van der Waals surface area contributed by atoms with E-state index in [9.17, 15) is 19.7 Å². The molecule has 0 spiro atoms. The first kappa shape index (κ1) is 21.5. The van der Waals surface area contributed by atoms with E-state index in [1.807, 2.05) is 60.7 Å². The second-order valence-corrected chi connectivity index (χ2v) is 6.54. The highest BCUT2D eigenvalue weighted by Gasteiger charge is 2.21. The number of nitro benzene ring substituents is 1. The average molecular weight is 420 g/mol. The minimum Gasteiger partial charge on any atom is -0.490 e. The third-order valence-electron chi connectivity index (χ3n) is 4.52. The third kappa shape index (κ3) is 5.45. The molecule has 0 saturated heterocycles. The summed E-state index contributed by atoms with van der Waals surface area (Å²) in [7, 11) is 1.29. The van der Waals surface area contributed by atoms with Crippen molar-refractivity contribution in [3.63, 3.8) is 0 Å². The molecule has 0 unspecified atom stereocenters. The van der Waals surface area contributed by atoms with Crippen molar-refractivity contribution in [3.05, 3.63) is 106 Å². The van der Waals surface area contributed by atoms with E-state index >= 15 is 0 Å². The number of esters is 1. The molecule has 158 valence electrons.